The fourth-order valence-corrected chi connectivity index (χ4v) is 4.74. The van der Waals surface area contributed by atoms with Gasteiger partial charge in [-0.05, 0) is 48.5 Å². The molecule has 3 nitrogen and oxygen atoms in total. The first-order valence-electron chi connectivity index (χ1n) is 9.82. The van der Waals surface area contributed by atoms with E-state index in [4.69, 9.17) is 0 Å². The summed E-state index contributed by atoms with van der Waals surface area (Å²) >= 11 is 0. The van der Waals surface area contributed by atoms with Crippen LogP contribution in [0.3, 0.4) is 0 Å². The minimum Gasteiger partial charge on any atom is -0.378 e. The average Bonchev–Trinajstić information content (AvgIpc) is 2.91. The minimum absolute atomic E-state index is 0.0252. The molecule has 0 aromatic heterocycles. The molecule has 3 unspecified atom stereocenters. The number of unbranched alkanes of at least 4 members (excludes halogenated alkanes) is 2. The van der Waals surface area contributed by atoms with Crippen LogP contribution >= 0.6 is 0 Å². The van der Waals surface area contributed by atoms with Crippen molar-refractivity contribution in [1.29, 1.82) is 0 Å². The Morgan fingerprint density at radius 3 is 2.96 bits per heavy atom. The monoisotopic (exact) mass is 336 g/mol. The van der Waals surface area contributed by atoms with Crippen molar-refractivity contribution < 1.29 is 4.79 Å². The molecule has 132 valence electrons. The van der Waals surface area contributed by atoms with Gasteiger partial charge in [0.2, 0.25) is 5.91 Å². The summed E-state index contributed by atoms with van der Waals surface area (Å²) in [6.45, 7) is 3.04. The maximum absolute atomic E-state index is 12.4. The van der Waals surface area contributed by atoms with Crippen molar-refractivity contribution in [3.63, 3.8) is 0 Å². The van der Waals surface area contributed by atoms with Crippen molar-refractivity contribution in [1.82, 2.24) is 10.6 Å². The molecule has 0 radical (unpaired) electrons. The maximum atomic E-state index is 12.4. The topological polar surface area (TPSA) is 41.1 Å². The molecular formula is C22H28N2O. The Morgan fingerprint density at radius 1 is 1.20 bits per heavy atom. The molecule has 25 heavy (non-hydrogen) atoms. The lowest BCUT2D eigenvalue weighted by atomic mass is 9.78. The van der Waals surface area contributed by atoms with Gasteiger partial charge >= 0.3 is 0 Å². The second-order valence-electron chi connectivity index (χ2n) is 7.52. The summed E-state index contributed by atoms with van der Waals surface area (Å²) in [6.07, 6.45) is 11.1. The third-order valence-corrected chi connectivity index (χ3v) is 5.97. The Bertz CT molecular complexity index is 718. The van der Waals surface area contributed by atoms with Gasteiger partial charge in [-0.2, -0.15) is 0 Å². The Kier molecular flexibility index (Phi) is 4.65. The highest BCUT2D eigenvalue weighted by atomic mass is 16.1. The summed E-state index contributed by atoms with van der Waals surface area (Å²) in [5, 5.41) is 6.89. The fraction of sp³-hybridized carbons (Fsp3) is 0.500. The molecule has 2 N–H and O–H groups in total. The zero-order valence-corrected chi connectivity index (χ0v) is 15.1. The van der Waals surface area contributed by atoms with Gasteiger partial charge < -0.3 is 10.6 Å². The van der Waals surface area contributed by atoms with E-state index < -0.39 is 0 Å². The molecule has 1 aromatic carbocycles. The molecule has 2 aliphatic heterocycles. The minimum atomic E-state index is 0.0252. The van der Waals surface area contributed by atoms with Gasteiger partial charge in [-0.15, -0.1) is 0 Å². The first kappa shape index (κ1) is 16.4. The molecule has 0 spiro atoms. The van der Waals surface area contributed by atoms with Gasteiger partial charge in [0.05, 0.1) is 12.0 Å². The Labute approximate surface area is 150 Å². The molecule has 4 rings (SSSR count). The molecule has 1 amide bonds. The summed E-state index contributed by atoms with van der Waals surface area (Å²) in [7, 11) is 0. The van der Waals surface area contributed by atoms with E-state index in [1.165, 1.54) is 41.7 Å². The van der Waals surface area contributed by atoms with Crippen LogP contribution in [0.25, 0.3) is 0 Å². The van der Waals surface area contributed by atoms with Crippen LogP contribution in [0.15, 0.2) is 47.7 Å². The van der Waals surface area contributed by atoms with Crippen LogP contribution in [-0.2, 0) is 11.2 Å². The number of aryl methyl sites for hydroxylation is 1. The highest BCUT2D eigenvalue weighted by molar-refractivity contribution is 5.83. The van der Waals surface area contributed by atoms with Crippen molar-refractivity contribution in [2.24, 2.45) is 11.8 Å². The third kappa shape index (κ3) is 3.01. The number of amides is 1. The van der Waals surface area contributed by atoms with E-state index in [1.807, 2.05) is 0 Å². The van der Waals surface area contributed by atoms with Crippen LogP contribution in [0.5, 0.6) is 0 Å². The van der Waals surface area contributed by atoms with Crippen molar-refractivity contribution in [3.8, 4) is 0 Å². The second-order valence-corrected chi connectivity index (χ2v) is 7.52. The summed E-state index contributed by atoms with van der Waals surface area (Å²) in [6, 6.07) is 9.20. The molecule has 1 aromatic rings. The zero-order chi connectivity index (χ0) is 17.2. The average molecular weight is 336 g/mol. The van der Waals surface area contributed by atoms with Gasteiger partial charge in [-0.25, -0.2) is 0 Å². The van der Waals surface area contributed by atoms with Crippen molar-refractivity contribution in [3.05, 3.63) is 58.8 Å². The van der Waals surface area contributed by atoms with Crippen molar-refractivity contribution in [2.75, 3.05) is 6.54 Å². The van der Waals surface area contributed by atoms with Gasteiger partial charge in [0, 0.05) is 18.2 Å². The second kappa shape index (κ2) is 7.07. The summed E-state index contributed by atoms with van der Waals surface area (Å²) in [5.41, 5.74) is 5.45. The van der Waals surface area contributed by atoms with E-state index in [0.717, 1.165) is 25.8 Å². The predicted octanol–water partition coefficient (Wildman–Crippen LogP) is 4.03. The smallest absolute Gasteiger partial charge is 0.227 e. The molecule has 0 saturated carbocycles. The van der Waals surface area contributed by atoms with Crippen LogP contribution in [0.4, 0.5) is 0 Å². The van der Waals surface area contributed by atoms with E-state index in [2.05, 4.69) is 54.0 Å². The van der Waals surface area contributed by atoms with E-state index in [1.54, 1.807) is 0 Å². The number of carbonyl (C=O) groups is 1. The lowest BCUT2D eigenvalue weighted by molar-refractivity contribution is -0.123. The molecule has 3 atom stereocenters. The highest BCUT2D eigenvalue weighted by Crippen LogP contribution is 2.46. The first-order chi connectivity index (χ1) is 12.3. The van der Waals surface area contributed by atoms with Crippen LogP contribution in [0, 0.1) is 11.8 Å². The number of hydrogen-bond donors (Lipinski definition) is 2. The molecule has 0 bridgehead atoms. The number of nitrogens with one attached hydrogen (secondary N) is 2. The predicted molar refractivity (Wildman–Crippen MR) is 101 cm³/mol. The number of hydrogen-bond acceptors (Lipinski definition) is 2. The van der Waals surface area contributed by atoms with Gasteiger partial charge in [0.1, 0.15) is 0 Å². The SMILES string of the molecule is CCCCCc1ccccc1C1NC2=C3C(CC=C2)C(=O)NCCC31. The first-order valence-corrected chi connectivity index (χ1v) is 9.82. The molecular weight excluding hydrogens is 308 g/mol. The summed E-state index contributed by atoms with van der Waals surface area (Å²) in [4.78, 5) is 12.4. The van der Waals surface area contributed by atoms with Crippen LogP contribution < -0.4 is 10.6 Å². The number of allylic oxidation sites excluding steroid dienone is 2. The van der Waals surface area contributed by atoms with Crippen molar-refractivity contribution in [2.45, 2.75) is 51.5 Å². The number of rotatable bonds is 5. The standard InChI is InChI=1S/C22H28N2O/c1-2-3-4-8-15-9-5-6-10-16(15)21-17-13-14-23-22(25)18-11-7-12-19(24-21)20(17)18/h5-7,9-10,12,17-18,21,24H,2-4,8,11,13-14H2,1H3,(H,23,25). The van der Waals surface area contributed by atoms with Crippen LogP contribution in [-0.4, -0.2) is 12.5 Å². The van der Waals surface area contributed by atoms with Gasteiger partial charge in [-0.1, -0.05) is 50.1 Å². The molecule has 1 saturated heterocycles. The largest absolute Gasteiger partial charge is 0.378 e. The Balaban J connectivity index is 1.65. The summed E-state index contributed by atoms with van der Waals surface area (Å²) < 4.78 is 0. The lowest BCUT2D eigenvalue weighted by Gasteiger charge is -2.25. The van der Waals surface area contributed by atoms with E-state index in [0.29, 0.717) is 12.0 Å². The van der Waals surface area contributed by atoms with Gasteiger partial charge in [0.25, 0.3) is 0 Å². The van der Waals surface area contributed by atoms with E-state index in [9.17, 15) is 4.79 Å². The molecule has 3 aliphatic rings. The molecule has 1 aliphatic carbocycles. The number of carbonyl (C=O) groups excluding carboxylic acids is 1. The van der Waals surface area contributed by atoms with Gasteiger partial charge in [-0.3, -0.25) is 4.79 Å². The Morgan fingerprint density at radius 2 is 2.08 bits per heavy atom. The quantitative estimate of drug-likeness (QED) is 0.797. The lowest BCUT2D eigenvalue weighted by Crippen LogP contribution is -2.30. The maximum Gasteiger partial charge on any atom is 0.227 e. The van der Waals surface area contributed by atoms with Crippen LogP contribution in [0.2, 0.25) is 0 Å². The Hall–Kier alpha value is -2.03. The van der Waals surface area contributed by atoms with E-state index in [-0.39, 0.29) is 11.8 Å². The molecule has 3 heteroatoms. The fourth-order valence-electron chi connectivity index (χ4n) is 4.74. The third-order valence-electron chi connectivity index (χ3n) is 5.97. The normalized spacial score (nSPS) is 27.6. The van der Waals surface area contributed by atoms with E-state index >= 15 is 0 Å². The highest BCUT2D eigenvalue weighted by Gasteiger charge is 2.43. The summed E-state index contributed by atoms with van der Waals surface area (Å²) in [5.74, 6) is 0.659. The molecule has 1 fully saturated rings. The van der Waals surface area contributed by atoms with Gasteiger partial charge in [0.15, 0.2) is 0 Å². The van der Waals surface area contributed by atoms with Crippen molar-refractivity contribution >= 4 is 5.91 Å². The zero-order valence-electron chi connectivity index (χ0n) is 15.1. The van der Waals surface area contributed by atoms with Crippen LogP contribution in [0.1, 0.15) is 56.2 Å². The molecule has 2 heterocycles. The number of benzene rings is 1.